The van der Waals surface area contributed by atoms with Gasteiger partial charge in [0, 0.05) is 25.0 Å². The Labute approximate surface area is 160 Å². The van der Waals surface area contributed by atoms with Gasteiger partial charge in [0.1, 0.15) is 0 Å². The third-order valence-corrected chi connectivity index (χ3v) is 4.33. The maximum Gasteiger partial charge on any atom is 0.402 e. The van der Waals surface area contributed by atoms with Crippen LogP contribution in [0.1, 0.15) is 38.5 Å². The van der Waals surface area contributed by atoms with Gasteiger partial charge in [0.05, 0.1) is 0 Å². The molecule has 0 spiro atoms. The van der Waals surface area contributed by atoms with Crippen molar-refractivity contribution in [3.63, 3.8) is 0 Å². The Balaban J connectivity index is 0.00000110. The highest BCUT2D eigenvalue weighted by molar-refractivity contribution is 7.86. The van der Waals surface area contributed by atoms with Crippen LogP contribution in [-0.2, 0) is 10.1 Å². The summed E-state index contributed by atoms with van der Waals surface area (Å²) in [5.74, 6) is -12.0. The summed E-state index contributed by atoms with van der Waals surface area (Å²) < 4.78 is 143. The number of unbranched alkanes of at least 4 members (excludes halogenated alkanes) is 3. The van der Waals surface area contributed by atoms with Crippen molar-refractivity contribution in [2.24, 2.45) is 0 Å². The number of rotatable bonds is 9. The average molecular weight is 463 g/mol. The summed E-state index contributed by atoms with van der Waals surface area (Å²) in [4.78, 5) is 2.89. The molecule has 1 aromatic heterocycles. The smallest absolute Gasteiger partial charge is 0.402 e. The fourth-order valence-corrected chi connectivity index (χ4v) is 2.36. The topological polar surface area (TPSA) is 71.3 Å². The van der Waals surface area contributed by atoms with Gasteiger partial charge in [-0.15, -0.1) is 0 Å². The summed E-state index contributed by atoms with van der Waals surface area (Å²) in [5.41, 5.74) is 0. The van der Waals surface area contributed by atoms with Crippen LogP contribution in [0.15, 0.2) is 30.6 Å². The van der Waals surface area contributed by atoms with Crippen LogP contribution in [0.5, 0.6) is 0 Å². The average Bonchev–Trinajstić information content (AvgIpc) is 2.58. The number of hydrogen-bond acceptors (Lipinski definition) is 3. The molecule has 1 rings (SSSR count). The van der Waals surface area contributed by atoms with Gasteiger partial charge in [-0.25, -0.2) is 13.4 Å². The number of hydrogen-bond donors (Lipinski definition) is 0. The summed E-state index contributed by atoms with van der Waals surface area (Å²) >= 11 is 0. The molecule has 4 nitrogen and oxygen atoms in total. The van der Waals surface area contributed by atoms with Gasteiger partial charge in [-0.3, -0.25) is 0 Å². The first-order chi connectivity index (χ1) is 13.0. The summed E-state index contributed by atoms with van der Waals surface area (Å²) in [6.07, 6.45) is -5.81. The fourth-order valence-electron chi connectivity index (χ4n) is 1.89. The molecule has 0 radical (unpaired) electrons. The molecule has 14 heteroatoms. The third kappa shape index (κ3) is 8.76. The monoisotopic (exact) mass is 463 g/mol. The molecule has 0 aromatic carbocycles. The molecule has 0 saturated carbocycles. The van der Waals surface area contributed by atoms with Gasteiger partial charge in [-0.1, -0.05) is 18.9 Å². The zero-order valence-electron chi connectivity index (χ0n) is 14.7. The third-order valence-electron chi connectivity index (χ3n) is 3.45. The highest BCUT2D eigenvalue weighted by atomic mass is 32.2. The SMILES string of the molecule is O=S(=O)([O-])C(F)(F)C(F)(F)C(F)(F)CCCCCCC(F)(F)F.c1cc[nH+]cc1. The lowest BCUT2D eigenvalue weighted by Gasteiger charge is -2.33. The Morgan fingerprint density at radius 3 is 1.48 bits per heavy atom. The number of nitrogens with one attached hydrogen (secondary N) is 1. The molecule has 0 unspecified atom stereocenters. The van der Waals surface area contributed by atoms with E-state index >= 15 is 0 Å². The molecular weight excluding hydrogens is 445 g/mol. The number of alkyl halides is 9. The molecule has 29 heavy (non-hydrogen) atoms. The highest BCUT2D eigenvalue weighted by Crippen LogP contribution is 2.50. The summed E-state index contributed by atoms with van der Waals surface area (Å²) in [5, 5.41) is -6.51. The van der Waals surface area contributed by atoms with Crippen molar-refractivity contribution in [3.8, 4) is 0 Å². The quantitative estimate of drug-likeness (QED) is 0.300. The van der Waals surface area contributed by atoms with E-state index < -0.39 is 65.5 Å². The number of aromatic nitrogens is 1. The van der Waals surface area contributed by atoms with Gasteiger partial charge in [-0.2, -0.15) is 39.5 Å². The molecule has 0 saturated heterocycles. The van der Waals surface area contributed by atoms with Gasteiger partial charge < -0.3 is 4.55 Å². The van der Waals surface area contributed by atoms with Crippen LogP contribution in [0.3, 0.4) is 0 Å². The molecule has 0 atom stereocenters. The van der Waals surface area contributed by atoms with Crippen LogP contribution in [0.4, 0.5) is 39.5 Å². The first-order valence-electron chi connectivity index (χ1n) is 8.02. The van der Waals surface area contributed by atoms with Crippen molar-refractivity contribution < 1.29 is 57.5 Å². The number of halogens is 9. The van der Waals surface area contributed by atoms with E-state index in [9.17, 15) is 52.5 Å². The summed E-state index contributed by atoms with van der Waals surface area (Å²) in [6.45, 7) is 0. The Bertz CT molecular complexity index is 668. The first kappa shape index (κ1) is 27.4. The minimum absolute atomic E-state index is 0.266. The molecule has 0 bridgehead atoms. The number of pyridine rings is 1. The maximum absolute atomic E-state index is 13.1. The number of aromatic amines is 1. The van der Waals surface area contributed by atoms with E-state index in [1.54, 1.807) is 0 Å². The van der Waals surface area contributed by atoms with E-state index in [-0.39, 0.29) is 6.42 Å². The van der Waals surface area contributed by atoms with E-state index in [2.05, 4.69) is 4.98 Å². The predicted octanol–water partition coefficient (Wildman–Crippen LogP) is 4.80. The lowest BCUT2D eigenvalue weighted by Crippen LogP contribution is -2.57. The lowest BCUT2D eigenvalue weighted by atomic mass is 10.0. The summed E-state index contributed by atoms with van der Waals surface area (Å²) in [7, 11) is -7.04. The van der Waals surface area contributed by atoms with Crippen molar-refractivity contribution in [2.45, 2.75) is 61.8 Å². The standard InChI is InChI=1S/C10H13F9O3S.C5H5N/c11-7(12,5-3-1-2-4-6-8(13,14)15)9(16,17)10(18,19)23(20,21)22;1-2-4-6-5-3-1/h1-6H2,(H,20,21,22);1-5H. The summed E-state index contributed by atoms with van der Waals surface area (Å²) in [6, 6.07) is 5.86. The van der Waals surface area contributed by atoms with Crippen LogP contribution in [0, 0.1) is 0 Å². The van der Waals surface area contributed by atoms with Crippen molar-refractivity contribution in [2.75, 3.05) is 0 Å². The molecule has 0 aliphatic rings. The molecule has 0 amide bonds. The predicted molar refractivity (Wildman–Crippen MR) is 81.3 cm³/mol. The van der Waals surface area contributed by atoms with E-state index in [0.717, 1.165) is 0 Å². The Morgan fingerprint density at radius 2 is 1.17 bits per heavy atom. The lowest BCUT2D eigenvalue weighted by molar-refractivity contribution is -0.377. The minimum atomic E-state index is -7.04. The van der Waals surface area contributed by atoms with Gasteiger partial charge in [-0.05, 0) is 12.8 Å². The van der Waals surface area contributed by atoms with Crippen LogP contribution in [-0.4, -0.2) is 36.2 Å². The zero-order valence-corrected chi connectivity index (χ0v) is 15.5. The van der Waals surface area contributed by atoms with E-state index in [1.807, 2.05) is 30.6 Å². The van der Waals surface area contributed by atoms with Gasteiger partial charge in [0.25, 0.3) is 0 Å². The van der Waals surface area contributed by atoms with Gasteiger partial charge in [0.15, 0.2) is 22.5 Å². The maximum atomic E-state index is 13.1. The van der Waals surface area contributed by atoms with Crippen LogP contribution < -0.4 is 4.98 Å². The second-order valence-corrected chi connectivity index (χ2v) is 7.28. The minimum Gasteiger partial charge on any atom is -0.743 e. The fraction of sp³-hybridized carbons (Fsp3) is 0.667. The van der Waals surface area contributed by atoms with Crippen LogP contribution in [0.25, 0.3) is 0 Å². The molecule has 0 aliphatic carbocycles. The highest BCUT2D eigenvalue weighted by Gasteiger charge is 2.74. The van der Waals surface area contributed by atoms with Crippen LogP contribution >= 0.6 is 0 Å². The number of H-pyrrole nitrogens is 1. The van der Waals surface area contributed by atoms with Crippen molar-refractivity contribution in [1.29, 1.82) is 0 Å². The molecule has 170 valence electrons. The molecule has 1 heterocycles. The van der Waals surface area contributed by atoms with E-state index in [0.29, 0.717) is 0 Å². The second-order valence-electron chi connectivity index (χ2n) is 5.86. The first-order valence-corrected chi connectivity index (χ1v) is 9.43. The van der Waals surface area contributed by atoms with Crippen molar-refractivity contribution >= 4 is 10.1 Å². The molecule has 0 fully saturated rings. The van der Waals surface area contributed by atoms with Crippen molar-refractivity contribution in [1.82, 2.24) is 0 Å². The van der Waals surface area contributed by atoms with Gasteiger partial charge in [0.2, 0.25) is 0 Å². The van der Waals surface area contributed by atoms with E-state index in [4.69, 9.17) is 0 Å². The Morgan fingerprint density at radius 1 is 0.724 bits per heavy atom. The van der Waals surface area contributed by atoms with Crippen molar-refractivity contribution in [3.05, 3.63) is 30.6 Å². The zero-order chi connectivity index (χ0) is 23.0. The Hall–Kier alpha value is -1.57. The molecule has 0 aliphatic heterocycles. The second kappa shape index (κ2) is 10.5. The van der Waals surface area contributed by atoms with E-state index in [1.165, 1.54) is 0 Å². The van der Waals surface area contributed by atoms with Gasteiger partial charge >= 0.3 is 23.3 Å². The molecule has 1 N–H and O–H groups in total. The molecule has 1 aromatic rings. The normalized spacial score (nSPS) is 13.6. The largest absolute Gasteiger partial charge is 0.743 e. The van der Waals surface area contributed by atoms with Crippen LogP contribution in [0.2, 0.25) is 0 Å². The molecular formula is C15H18F9NO3S. The Kier molecular flexibility index (Phi) is 9.89.